The highest BCUT2D eigenvalue weighted by Gasteiger charge is 2.19. The van der Waals surface area contributed by atoms with Crippen molar-refractivity contribution in [2.45, 2.75) is 13.0 Å². The number of carbonyl (C=O) groups is 1. The van der Waals surface area contributed by atoms with Gasteiger partial charge in [0, 0.05) is 6.54 Å². The Labute approximate surface area is 87.2 Å². The van der Waals surface area contributed by atoms with Gasteiger partial charge in [0.15, 0.2) is 0 Å². The monoisotopic (exact) mass is 209 g/mol. The Kier molecular flexibility index (Phi) is 2.68. The van der Waals surface area contributed by atoms with Crippen molar-refractivity contribution in [3.05, 3.63) is 34.6 Å². The van der Waals surface area contributed by atoms with Crippen LogP contribution in [0, 0.1) is 5.82 Å². The van der Waals surface area contributed by atoms with Crippen molar-refractivity contribution in [2.75, 3.05) is 13.7 Å². The standard InChI is InChI=1S/C11H12FNO2/c1-15-11(14)10-5-8(12)4-7-6-13-3-2-9(7)10/h4-5,13H,2-3,6H2,1H3. The molecule has 2 rings (SSSR count). The van der Waals surface area contributed by atoms with E-state index in [4.69, 9.17) is 0 Å². The first-order valence-electron chi connectivity index (χ1n) is 4.82. The highest BCUT2D eigenvalue weighted by atomic mass is 19.1. The van der Waals surface area contributed by atoms with E-state index in [1.165, 1.54) is 19.2 Å². The fourth-order valence-corrected chi connectivity index (χ4v) is 1.87. The van der Waals surface area contributed by atoms with Crippen LogP contribution >= 0.6 is 0 Å². The summed E-state index contributed by atoms with van der Waals surface area (Å²) in [6.45, 7) is 1.42. The van der Waals surface area contributed by atoms with Crippen LogP contribution in [0.4, 0.5) is 4.39 Å². The predicted octanol–water partition coefficient (Wildman–Crippen LogP) is 1.26. The third kappa shape index (κ3) is 1.85. The minimum absolute atomic E-state index is 0.356. The number of nitrogens with one attached hydrogen (secondary N) is 1. The molecule has 0 fully saturated rings. The molecule has 1 heterocycles. The highest BCUT2D eigenvalue weighted by Crippen LogP contribution is 2.21. The Balaban J connectivity index is 2.52. The molecule has 1 aliphatic heterocycles. The van der Waals surface area contributed by atoms with E-state index in [2.05, 4.69) is 10.1 Å². The lowest BCUT2D eigenvalue weighted by Crippen LogP contribution is -2.26. The molecule has 1 aromatic carbocycles. The average molecular weight is 209 g/mol. The van der Waals surface area contributed by atoms with Crippen LogP contribution in [0.25, 0.3) is 0 Å². The predicted molar refractivity (Wildman–Crippen MR) is 53.2 cm³/mol. The normalized spacial score (nSPS) is 14.5. The Bertz CT molecular complexity index is 404. The number of esters is 1. The summed E-state index contributed by atoms with van der Waals surface area (Å²) in [4.78, 5) is 11.4. The van der Waals surface area contributed by atoms with E-state index >= 15 is 0 Å². The maximum atomic E-state index is 13.2. The Morgan fingerprint density at radius 3 is 3.07 bits per heavy atom. The molecule has 0 aliphatic carbocycles. The van der Waals surface area contributed by atoms with Crippen LogP contribution in [-0.4, -0.2) is 19.6 Å². The van der Waals surface area contributed by atoms with Gasteiger partial charge in [0.1, 0.15) is 5.82 Å². The molecule has 0 bridgehead atoms. The van der Waals surface area contributed by atoms with Gasteiger partial charge in [-0.3, -0.25) is 0 Å². The van der Waals surface area contributed by atoms with Gasteiger partial charge in [-0.05, 0) is 36.2 Å². The van der Waals surface area contributed by atoms with Gasteiger partial charge in [0.25, 0.3) is 0 Å². The van der Waals surface area contributed by atoms with Gasteiger partial charge >= 0.3 is 5.97 Å². The van der Waals surface area contributed by atoms with Crippen molar-refractivity contribution in [2.24, 2.45) is 0 Å². The Hall–Kier alpha value is -1.42. The smallest absolute Gasteiger partial charge is 0.338 e. The molecule has 4 heteroatoms. The minimum Gasteiger partial charge on any atom is -0.465 e. The minimum atomic E-state index is -0.465. The van der Waals surface area contributed by atoms with Crippen LogP contribution in [0.5, 0.6) is 0 Å². The number of carbonyl (C=O) groups excluding carboxylic acids is 1. The fourth-order valence-electron chi connectivity index (χ4n) is 1.87. The van der Waals surface area contributed by atoms with Gasteiger partial charge in [-0.1, -0.05) is 0 Å². The van der Waals surface area contributed by atoms with E-state index in [0.29, 0.717) is 12.1 Å². The van der Waals surface area contributed by atoms with E-state index < -0.39 is 11.8 Å². The molecule has 80 valence electrons. The number of methoxy groups -OCH3 is 1. The van der Waals surface area contributed by atoms with Gasteiger partial charge in [-0.2, -0.15) is 0 Å². The van der Waals surface area contributed by atoms with E-state index in [0.717, 1.165) is 24.1 Å². The van der Waals surface area contributed by atoms with E-state index in [9.17, 15) is 9.18 Å². The summed E-state index contributed by atoms with van der Waals surface area (Å²) in [5, 5.41) is 3.13. The topological polar surface area (TPSA) is 38.3 Å². The quantitative estimate of drug-likeness (QED) is 0.707. The number of fused-ring (bicyclic) bond motifs is 1. The van der Waals surface area contributed by atoms with Gasteiger partial charge in [-0.25, -0.2) is 9.18 Å². The molecule has 3 nitrogen and oxygen atoms in total. The second-order valence-corrected chi connectivity index (χ2v) is 3.51. The summed E-state index contributed by atoms with van der Waals surface area (Å²) >= 11 is 0. The van der Waals surface area contributed by atoms with E-state index in [1.807, 2.05) is 0 Å². The summed E-state index contributed by atoms with van der Waals surface area (Å²) in [6, 6.07) is 2.71. The van der Waals surface area contributed by atoms with Crippen molar-refractivity contribution in [3.63, 3.8) is 0 Å². The van der Waals surface area contributed by atoms with Gasteiger partial charge < -0.3 is 10.1 Å². The Morgan fingerprint density at radius 2 is 2.33 bits per heavy atom. The third-order valence-electron chi connectivity index (χ3n) is 2.58. The van der Waals surface area contributed by atoms with Crippen molar-refractivity contribution in [3.8, 4) is 0 Å². The maximum absolute atomic E-state index is 13.2. The molecule has 1 N–H and O–H groups in total. The molecular weight excluding hydrogens is 197 g/mol. The zero-order chi connectivity index (χ0) is 10.8. The Morgan fingerprint density at radius 1 is 1.53 bits per heavy atom. The summed E-state index contributed by atoms with van der Waals surface area (Å²) in [6.07, 6.45) is 0.736. The number of halogens is 1. The van der Waals surface area contributed by atoms with Crippen molar-refractivity contribution in [1.82, 2.24) is 5.32 Å². The molecule has 0 unspecified atom stereocenters. The van der Waals surface area contributed by atoms with Crippen LogP contribution in [0.1, 0.15) is 21.5 Å². The fraction of sp³-hybridized carbons (Fsp3) is 0.364. The molecular formula is C11H12FNO2. The number of ether oxygens (including phenoxy) is 1. The van der Waals surface area contributed by atoms with Crippen LogP contribution in [0.2, 0.25) is 0 Å². The zero-order valence-electron chi connectivity index (χ0n) is 8.47. The van der Waals surface area contributed by atoms with Crippen molar-refractivity contribution >= 4 is 5.97 Å². The zero-order valence-corrected chi connectivity index (χ0v) is 8.47. The number of benzene rings is 1. The van der Waals surface area contributed by atoms with Crippen LogP contribution in [-0.2, 0) is 17.7 Å². The van der Waals surface area contributed by atoms with Gasteiger partial charge in [-0.15, -0.1) is 0 Å². The molecule has 0 saturated heterocycles. The second-order valence-electron chi connectivity index (χ2n) is 3.51. The molecule has 0 atom stereocenters. The largest absolute Gasteiger partial charge is 0.465 e. The molecule has 1 aromatic rings. The number of hydrogen-bond acceptors (Lipinski definition) is 3. The lowest BCUT2D eigenvalue weighted by Gasteiger charge is -2.19. The van der Waals surface area contributed by atoms with E-state index in [1.54, 1.807) is 0 Å². The molecule has 0 saturated carbocycles. The van der Waals surface area contributed by atoms with Crippen LogP contribution in [0.15, 0.2) is 12.1 Å². The summed E-state index contributed by atoms with van der Waals surface area (Å²) in [7, 11) is 1.31. The first-order valence-corrected chi connectivity index (χ1v) is 4.82. The first-order chi connectivity index (χ1) is 7.22. The van der Waals surface area contributed by atoms with Gasteiger partial charge in [0.05, 0.1) is 12.7 Å². The molecule has 0 spiro atoms. The van der Waals surface area contributed by atoms with Crippen LogP contribution in [0.3, 0.4) is 0 Å². The number of rotatable bonds is 1. The average Bonchev–Trinajstić information content (AvgIpc) is 2.26. The molecule has 15 heavy (non-hydrogen) atoms. The van der Waals surface area contributed by atoms with Crippen molar-refractivity contribution in [1.29, 1.82) is 0 Å². The summed E-state index contributed by atoms with van der Waals surface area (Å²) in [5.74, 6) is -0.856. The van der Waals surface area contributed by atoms with E-state index in [-0.39, 0.29) is 0 Å². The lowest BCUT2D eigenvalue weighted by molar-refractivity contribution is 0.0598. The van der Waals surface area contributed by atoms with Crippen molar-refractivity contribution < 1.29 is 13.9 Å². The second kappa shape index (κ2) is 3.98. The molecule has 0 amide bonds. The molecule has 0 aromatic heterocycles. The third-order valence-corrected chi connectivity index (χ3v) is 2.58. The molecule has 0 radical (unpaired) electrons. The summed E-state index contributed by atoms with van der Waals surface area (Å²) in [5.41, 5.74) is 2.11. The first kappa shape index (κ1) is 10.1. The molecule has 1 aliphatic rings. The highest BCUT2D eigenvalue weighted by molar-refractivity contribution is 5.91. The summed E-state index contributed by atoms with van der Waals surface area (Å²) < 4.78 is 17.8. The lowest BCUT2D eigenvalue weighted by atomic mass is 9.95. The SMILES string of the molecule is COC(=O)c1cc(F)cc2c1CCNC2. The van der Waals surface area contributed by atoms with Gasteiger partial charge in [0.2, 0.25) is 0 Å². The van der Waals surface area contributed by atoms with Crippen LogP contribution < -0.4 is 5.32 Å². The number of hydrogen-bond donors (Lipinski definition) is 1. The maximum Gasteiger partial charge on any atom is 0.338 e.